The molecule has 1 fully saturated rings. The normalized spacial score (nSPS) is 14.2. The zero-order valence-corrected chi connectivity index (χ0v) is 27.0. The van der Waals surface area contributed by atoms with E-state index < -0.39 is 0 Å². The largest absolute Gasteiger partial charge is 0.506 e. The van der Waals surface area contributed by atoms with E-state index in [9.17, 15) is 15.0 Å². The number of benzene rings is 3. The van der Waals surface area contributed by atoms with Crippen LogP contribution in [0.4, 0.5) is 5.69 Å². The molecule has 5 aromatic rings. The summed E-state index contributed by atoms with van der Waals surface area (Å²) in [6.07, 6.45) is 9.12. The third-order valence-corrected chi connectivity index (χ3v) is 9.37. The van der Waals surface area contributed by atoms with Gasteiger partial charge in [0.15, 0.2) is 0 Å². The van der Waals surface area contributed by atoms with Gasteiger partial charge in [0, 0.05) is 85.1 Å². The number of aromatic hydroxyl groups is 2. The zero-order valence-electron chi connectivity index (χ0n) is 27.0. The average Bonchev–Trinajstić information content (AvgIpc) is 3.65. The molecule has 0 bridgehead atoms. The van der Waals surface area contributed by atoms with Crippen LogP contribution < -0.4 is 5.32 Å². The summed E-state index contributed by atoms with van der Waals surface area (Å²) in [4.78, 5) is 21.9. The maximum atomic E-state index is 12.9. The van der Waals surface area contributed by atoms with Gasteiger partial charge in [0.25, 0.3) is 5.91 Å². The van der Waals surface area contributed by atoms with Gasteiger partial charge in [-0.05, 0) is 87.7 Å². The first-order valence-electron chi connectivity index (χ1n) is 16.2. The summed E-state index contributed by atoms with van der Waals surface area (Å²) >= 11 is 0. The number of nitrogens with zero attached hydrogens (tertiary/aromatic N) is 5. The summed E-state index contributed by atoms with van der Waals surface area (Å²) in [6, 6.07) is 17.2. The number of hydrogen-bond acceptors (Lipinski definition) is 6. The lowest BCUT2D eigenvalue weighted by molar-refractivity contribution is 0.102. The first kappa shape index (κ1) is 31.4. The predicted octanol–water partition coefficient (Wildman–Crippen LogP) is 6.12. The molecule has 1 saturated heterocycles. The van der Waals surface area contributed by atoms with Gasteiger partial charge >= 0.3 is 0 Å². The number of piperazine rings is 1. The maximum absolute atomic E-state index is 12.9. The number of rotatable bonds is 11. The number of amides is 1. The number of aromatic nitrogens is 3. The van der Waals surface area contributed by atoms with Crippen LogP contribution in [0, 0.1) is 13.8 Å². The van der Waals surface area contributed by atoms with Crippen molar-refractivity contribution in [1.29, 1.82) is 0 Å². The Morgan fingerprint density at radius 3 is 2.26 bits per heavy atom. The smallest absolute Gasteiger partial charge is 0.255 e. The molecule has 0 unspecified atom stereocenters. The lowest BCUT2D eigenvalue weighted by Crippen LogP contribution is -2.44. The van der Waals surface area contributed by atoms with Crippen molar-refractivity contribution in [3.8, 4) is 17.2 Å². The number of likely N-dealkylation sites (N-methyl/N-ethyl adjacent to an activating group) is 1. The van der Waals surface area contributed by atoms with E-state index in [2.05, 4.69) is 63.8 Å². The number of aryl methyl sites for hydroxylation is 2. The van der Waals surface area contributed by atoms with Gasteiger partial charge in [0.1, 0.15) is 17.2 Å². The molecule has 0 aliphatic carbocycles. The Morgan fingerprint density at radius 2 is 1.57 bits per heavy atom. The van der Waals surface area contributed by atoms with Crippen LogP contribution in [-0.4, -0.2) is 79.8 Å². The standard InChI is InChI=1S/C37H44N6O3/c1-26-27(2)43(15-6-4-5-14-41-19-17-40(3)18-20-41)33-12-9-29(22-32(26)33)21-28-7-10-30(11-8-28)37(46)39-31-23-34(44)36(35(45)24-31)42-16-13-38-25-42/h7-13,16,22-25,44-45H,4-6,14-15,17-21H2,1-3H3,(H,39,46). The highest BCUT2D eigenvalue weighted by molar-refractivity contribution is 6.04. The Morgan fingerprint density at radius 1 is 0.870 bits per heavy atom. The van der Waals surface area contributed by atoms with E-state index >= 15 is 0 Å². The summed E-state index contributed by atoms with van der Waals surface area (Å²) in [5.74, 6) is -0.662. The highest BCUT2D eigenvalue weighted by atomic mass is 16.3. The van der Waals surface area contributed by atoms with Gasteiger partial charge in [-0.15, -0.1) is 0 Å². The molecule has 1 amide bonds. The molecule has 0 saturated carbocycles. The lowest BCUT2D eigenvalue weighted by Gasteiger charge is -2.32. The number of nitrogens with one attached hydrogen (secondary N) is 1. The third-order valence-electron chi connectivity index (χ3n) is 9.37. The second-order valence-corrected chi connectivity index (χ2v) is 12.6. The van der Waals surface area contributed by atoms with Gasteiger partial charge < -0.3 is 29.9 Å². The highest BCUT2D eigenvalue weighted by Crippen LogP contribution is 2.35. The number of carbonyl (C=O) groups excluding carboxylic acids is 1. The molecule has 6 rings (SSSR count). The second kappa shape index (κ2) is 13.8. The molecule has 2 aromatic heterocycles. The minimum Gasteiger partial charge on any atom is -0.506 e. The van der Waals surface area contributed by atoms with Crippen LogP contribution in [0.2, 0.25) is 0 Å². The summed E-state index contributed by atoms with van der Waals surface area (Å²) < 4.78 is 3.99. The molecule has 240 valence electrons. The number of fused-ring (bicyclic) bond motifs is 1. The highest BCUT2D eigenvalue weighted by Gasteiger charge is 2.16. The predicted molar refractivity (Wildman–Crippen MR) is 183 cm³/mol. The van der Waals surface area contributed by atoms with E-state index in [-0.39, 0.29) is 23.1 Å². The number of unbranched alkanes of at least 4 members (excludes halogenated alkanes) is 2. The zero-order chi connectivity index (χ0) is 32.2. The van der Waals surface area contributed by atoms with Crippen LogP contribution in [0.25, 0.3) is 16.6 Å². The Labute approximate surface area is 270 Å². The lowest BCUT2D eigenvalue weighted by atomic mass is 10.0. The van der Waals surface area contributed by atoms with Gasteiger partial charge in [-0.1, -0.05) is 24.6 Å². The van der Waals surface area contributed by atoms with Crippen LogP contribution in [0.5, 0.6) is 11.5 Å². The Hall–Kier alpha value is -4.60. The Bertz CT molecular complexity index is 1780. The fraction of sp³-hybridized carbons (Fsp3) is 0.351. The van der Waals surface area contributed by atoms with Crippen LogP contribution in [-0.2, 0) is 13.0 Å². The molecule has 9 nitrogen and oxygen atoms in total. The Kier molecular flexibility index (Phi) is 9.42. The van der Waals surface area contributed by atoms with Crippen LogP contribution in [0.3, 0.4) is 0 Å². The number of phenols is 2. The van der Waals surface area contributed by atoms with Crippen molar-refractivity contribution in [2.24, 2.45) is 0 Å². The van der Waals surface area contributed by atoms with Gasteiger partial charge in [-0.2, -0.15) is 0 Å². The molecule has 46 heavy (non-hydrogen) atoms. The van der Waals surface area contributed by atoms with Crippen molar-refractivity contribution in [1.82, 2.24) is 23.9 Å². The molecular weight excluding hydrogens is 576 g/mol. The molecule has 1 aliphatic rings. The molecule has 3 N–H and O–H groups in total. The monoisotopic (exact) mass is 620 g/mol. The van der Waals surface area contributed by atoms with Crippen LogP contribution >= 0.6 is 0 Å². The minimum atomic E-state index is -0.325. The van der Waals surface area contributed by atoms with Crippen molar-refractivity contribution < 1.29 is 15.0 Å². The third kappa shape index (κ3) is 6.95. The van der Waals surface area contributed by atoms with E-state index in [0.717, 1.165) is 18.5 Å². The molecule has 0 atom stereocenters. The maximum Gasteiger partial charge on any atom is 0.255 e. The molecule has 3 aromatic carbocycles. The molecular formula is C37H44N6O3. The summed E-state index contributed by atoms with van der Waals surface area (Å²) in [6.45, 7) is 11.5. The van der Waals surface area contributed by atoms with Crippen molar-refractivity contribution in [3.63, 3.8) is 0 Å². The molecule has 1 aliphatic heterocycles. The van der Waals surface area contributed by atoms with E-state index in [4.69, 9.17) is 0 Å². The van der Waals surface area contributed by atoms with Crippen molar-refractivity contribution in [3.05, 3.63) is 101 Å². The molecule has 0 radical (unpaired) electrons. The number of phenolic OH excluding ortho intramolecular Hbond substituents is 2. The van der Waals surface area contributed by atoms with E-state index in [0.29, 0.717) is 11.3 Å². The number of hydrogen-bond donors (Lipinski definition) is 3. The van der Waals surface area contributed by atoms with Crippen LogP contribution in [0.1, 0.15) is 52.0 Å². The first-order chi connectivity index (χ1) is 22.3. The van der Waals surface area contributed by atoms with Crippen LogP contribution in [0.15, 0.2) is 73.3 Å². The van der Waals surface area contributed by atoms with Gasteiger partial charge in [0.05, 0.1) is 6.33 Å². The quantitative estimate of drug-likeness (QED) is 0.154. The topological polar surface area (TPSA) is 98.8 Å². The first-order valence-corrected chi connectivity index (χ1v) is 16.2. The van der Waals surface area contributed by atoms with Gasteiger partial charge in [-0.25, -0.2) is 4.98 Å². The van der Waals surface area contributed by atoms with Crippen molar-refractivity contribution in [2.45, 2.75) is 46.1 Å². The fourth-order valence-electron chi connectivity index (χ4n) is 6.49. The molecule has 3 heterocycles. The number of imidazole rings is 1. The molecule has 0 spiro atoms. The SMILES string of the molecule is Cc1c(C)n(CCCCCN2CCN(C)CC2)c2ccc(Cc3ccc(C(=O)Nc4cc(O)c(-n5ccnc5)c(O)c4)cc3)cc12. The summed E-state index contributed by atoms with van der Waals surface area (Å²) in [7, 11) is 2.21. The summed E-state index contributed by atoms with van der Waals surface area (Å²) in [5.41, 5.74) is 7.34. The van der Waals surface area contributed by atoms with Crippen molar-refractivity contribution in [2.75, 3.05) is 45.1 Å². The van der Waals surface area contributed by atoms with Crippen molar-refractivity contribution >= 4 is 22.5 Å². The van der Waals surface area contributed by atoms with E-state index in [1.54, 1.807) is 24.5 Å². The van der Waals surface area contributed by atoms with E-state index in [1.165, 1.54) is 103 Å². The second-order valence-electron chi connectivity index (χ2n) is 12.6. The average molecular weight is 621 g/mol. The van der Waals surface area contributed by atoms with Gasteiger partial charge in [0.2, 0.25) is 0 Å². The number of anilines is 1. The van der Waals surface area contributed by atoms with Gasteiger partial charge in [-0.3, -0.25) is 9.36 Å². The van der Waals surface area contributed by atoms with E-state index in [1.807, 2.05) is 12.1 Å². The number of carbonyl (C=O) groups is 1. The molecule has 9 heteroatoms. The Balaban J connectivity index is 1.05. The minimum absolute atomic E-state index is 0.168. The fourth-order valence-corrected chi connectivity index (χ4v) is 6.49. The summed E-state index contributed by atoms with van der Waals surface area (Å²) in [5, 5.41) is 25.0.